The van der Waals surface area contributed by atoms with Crippen molar-refractivity contribution >= 4 is 40.6 Å². The number of thiocarbonyl (C=S) groups is 1. The summed E-state index contributed by atoms with van der Waals surface area (Å²) in [4.78, 5) is 14.2. The molecule has 0 bridgehead atoms. The molecule has 2 N–H and O–H groups in total. The smallest absolute Gasteiger partial charge is 0.339 e. The van der Waals surface area contributed by atoms with Gasteiger partial charge in [0.15, 0.2) is 5.11 Å². The van der Waals surface area contributed by atoms with Gasteiger partial charge in [0, 0.05) is 31.9 Å². The van der Waals surface area contributed by atoms with Gasteiger partial charge in [-0.1, -0.05) is 35.9 Å². The van der Waals surface area contributed by atoms with Crippen molar-refractivity contribution in [3.05, 3.63) is 64.2 Å². The molecule has 3 rings (SSSR count). The van der Waals surface area contributed by atoms with E-state index in [1.165, 1.54) is 18.2 Å². The summed E-state index contributed by atoms with van der Waals surface area (Å²) in [6, 6.07) is 13.7. The summed E-state index contributed by atoms with van der Waals surface area (Å²) in [6.45, 7) is 3.92. The number of esters is 1. The predicted octanol–water partition coefficient (Wildman–Crippen LogP) is 3.86. The molecule has 0 atom stereocenters. The first-order valence-electron chi connectivity index (χ1n) is 9.28. The normalized spacial score (nSPS) is 13.5. The number of nitrogens with zero attached hydrogens (tertiary/aromatic N) is 1. The highest BCUT2D eigenvalue weighted by atomic mass is 35.5. The van der Waals surface area contributed by atoms with Gasteiger partial charge in [-0.3, -0.25) is 4.90 Å². The zero-order valence-electron chi connectivity index (χ0n) is 15.8. The molecule has 0 saturated carbocycles. The van der Waals surface area contributed by atoms with E-state index in [2.05, 4.69) is 39.8 Å². The zero-order valence-corrected chi connectivity index (χ0v) is 17.4. The molecule has 0 amide bonds. The summed E-state index contributed by atoms with van der Waals surface area (Å²) in [6.07, 6.45) is 2.11. The Morgan fingerprint density at radius 1 is 1.25 bits per heavy atom. The van der Waals surface area contributed by atoms with Crippen LogP contribution in [0.1, 0.15) is 27.9 Å². The van der Waals surface area contributed by atoms with Gasteiger partial charge in [-0.15, -0.1) is 0 Å². The van der Waals surface area contributed by atoms with Crippen molar-refractivity contribution < 1.29 is 9.53 Å². The fourth-order valence-electron chi connectivity index (χ4n) is 3.29. The molecule has 7 heteroatoms. The third-order valence-corrected chi connectivity index (χ3v) is 5.35. The SMILES string of the molecule is COC(=O)c1cc(NC(=S)NCCCN2CCc3ccccc3C2)ccc1Cl. The maximum atomic E-state index is 11.7. The Morgan fingerprint density at radius 3 is 2.82 bits per heavy atom. The lowest BCUT2D eigenvalue weighted by Gasteiger charge is -2.28. The predicted molar refractivity (Wildman–Crippen MR) is 117 cm³/mol. The molecular weight excluding hydrogens is 394 g/mol. The minimum atomic E-state index is -0.476. The Morgan fingerprint density at radius 2 is 2.04 bits per heavy atom. The number of hydrogen-bond acceptors (Lipinski definition) is 4. The van der Waals surface area contributed by atoms with Crippen LogP contribution < -0.4 is 10.6 Å². The first-order chi connectivity index (χ1) is 13.6. The molecule has 0 spiro atoms. The van der Waals surface area contributed by atoms with E-state index in [9.17, 15) is 4.79 Å². The van der Waals surface area contributed by atoms with E-state index >= 15 is 0 Å². The summed E-state index contributed by atoms with van der Waals surface area (Å²) in [5.41, 5.74) is 3.90. The number of nitrogens with one attached hydrogen (secondary N) is 2. The summed E-state index contributed by atoms with van der Waals surface area (Å²) in [7, 11) is 1.33. The maximum Gasteiger partial charge on any atom is 0.339 e. The van der Waals surface area contributed by atoms with Crippen LogP contribution in [0.3, 0.4) is 0 Å². The zero-order chi connectivity index (χ0) is 19.9. The van der Waals surface area contributed by atoms with E-state index in [4.69, 9.17) is 28.6 Å². The average Bonchev–Trinajstić information content (AvgIpc) is 2.72. The second-order valence-corrected chi connectivity index (χ2v) is 7.53. The van der Waals surface area contributed by atoms with Crippen LogP contribution in [0, 0.1) is 0 Å². The second-order valence-electron chi connectivity index (χ2n) is 6.72. The highest BCUT2D eigenvalue weighted by molar-refractivity contribution is 7.80. The number of halogens is 1. The third kappa shape index (κ3) is 5.44. The number of hydrogen-bond donors (Lipinski definition) is 2. The molecule has 0 aromatic heterocycles. The molecule has 28 heavy (non-hydrogen) atoms. The summed E-state index contributed by atoms with van der Waals surface area (Å²) < 4.78 is 4.73. The van der Waals surface area contributed by atoms with Crippen LogP contribution in [-0.2, 0) is 17.7 Å². The molecule has 1 aliphatic rings. The molecule has 0 aliphatic carbocycles. The molecule has 5 nitrogen and oxygen atoms in total. The average molecular weight is 418 g/mol. The number of carbonyl (C=O) groups excluding carboxylic acids is 1. The van der Waals surface area contributed by atoms with Gasteiger partial charge in [0.1, 0.15) is 0 Å². The summed E-state index contributed by atoms with van der Waals surface area (Å²) in [5.74, 6) is -0.476. The van der Waals surface area contributed by atoms with Gasteiger partial charge >= 0.3 is 5.97 Å². The van der Waals surface area contributed by atoms with Gasteiger partial charge in [-0.2, -0.15) is 0 Å². The lowest BCUT2D eigenvalue weighted by atomic mass is 10.00. The van der Waals surface area contributed by atoms with Crippen molar-refractivity contribution in [1.29, 1.82) is 0 Å². The van der Waals surface area contributed by atoms with Crippen LogP contribution in [0.15, 0.2) is 42.5 Å². The number of ether oxygens (including phenoxy) is 1. The molecule has 2 aromatic rings. The minimum absolute atomic E-state index is 0.308. The number of benzene rings is 2. The molecule has 1 heterocycles. The first-order valence-corrected chi connectivity index (χ1v) is 10.1. The molecule has 0 saturated heterocycles. The highest BCUT2D eigenvalue weighted by Crippen LogP contribution is 2.21. The molecule has 2 aromatic carbocycles. The van der Waals surface area contributed by atoms with Crippen LogP contribution in [0.4, 0.5) is 5.69 Å². The second kappa shape index (κ2) is 9.87. The van der Waals surface area contributed by atoms with Crippen molar-refractivity contribution in [3.8, 4) is 0 Å². The monoisotopic (exact) mass is 417 g/mol. The van der Waals surface area contributed by atoms with Crippen LogP contribution in [0.25, 0.3) is 0 Å². The van der Waals surface area contributed by atoms with Crippen LogP contribution >= 0.6 is 23.8 Å². The van der Waals surface area contributed by atoms with Gasteiger partial charge in [-0.25, -0.2) is 4.79 Å². The highest BCUT2D eigenvalue weighted by Gasteiger charge is 2.15. The summed E-state index contributed by atoms with van der Waals surface area (Å²) in [5, 5.41) is 7.15. The molecular formula is C21H24ClN3O2S. The number of rotatable bonds is 6. The largest absolute Gasteiger partial charge is 0.465 e. The lowest BCUT2D eigenvalue weighted by Crippen LogP contribution is -2.34. The molecule has 0 unspecified atom stereocenters. The molecule has 0 radical (unpaired) electrons. The van der Waals surface area contributed by atoms with Gasteiger partial charge < -0.3 is 15.4 Å². The van der Waals surface area contributed by atoms with Gasteiger partial charge in [0.25, 0.3) is 0 Å². The Hall–Kier alpha value is -2.15. The van der Waals surface area contributed by atoms with Gasteiger partial charge in [0.05, 0.1) is 17.7 Å². The Kier molecular flexibility index (Phi) is 7.25. The number of anilines is 1. The quantitative estimate of drug-likeness (QED) is 0.423. The van der Waals surface area contributed by atoms with Crippen molar-refractivity contribution in [2.75, 3.05) is 32.1 Å². The van der Waals surface area contributed by atoms with Crippen molar-refractivity contribution in [3.63, 3.8) is 0 Å². The Balaban J connectivity index is 1.41. The number of methoxy groups -OCH3 is 1. The van der Waals surface area contributed by atoms with Crippen LogP contribution in [0.2, 0.25) is 5.02 Å². The van der Waals surface area contributed by atoms with Crippen molar-refractivity contribution in [1.82, 2.24) is 10.2 Å². The topological polar surface area (TPSA) is 53.6 Å². The maximum absolute atomic E-state index is 11.7. The molecule has 1 aliphatic heterocycles. The fourth-order valence-corrected chi connectivity index (χ4v) is 3.71. The number of carbonyl (C=O) groups is 1. The molecule has 148 valence electrons. The van der Waals surface area contributed by atoms with E-state index in [0.717, 1.165) is 39.0 Å². The van der Waals surface area contributed by atoms with Crippen molar-refractivity contribution in [2.45, 2.75) is 19.4 Å². The summed E-state index contributed by atoms with van der Waals surface area (Å²) >= 11 is 11.4. The van der Waals surface area contributed by atoms with Gasteiger partial charge in [0.2, 0.25) is 0 Å². The van der Waals surface area contributed by atoms with Crippen molar-refractivity contribution in [2.24, 2.45) is 0 Å². The van der Waals surface area contributed by atoms with E-state index in [0.29, 0.717) is 21.4 Å². The van der Waals surface area contributed by atoms with Gasteiger partial charge in [-0.05, 0) is 54.4 Å². The van der Waals surface area contributed by atoms with E-state index in [1.807, 2.05) is 0 Å². The Bertz CT molecular complexity index is 859. The van der Waals surface area contributed by atoms with Crippen LogP contribution in [0.5, 0.6) is 0 Å². The fraction of sp³-hybridized carbons (Fsp3) is 0.333. The Labute approximate surface area is 176 Å². The standard InChI is InChI=1S/C21H24ClN3O2S/c1-27-20(26)18-13-17(7-8-19(18)22)24-21(28)23-10-4-11-25-12-9-15-5-2-3-6-16(15)14-25/h2-3,5-8,13H,4,9-12,14H2,1H3,(H2,23,24,28). The first kappa shape index (κ1) is 20.6. The number of fused-ring (bicyclic) bond motifs is 1. The minimum Gasteiger partial charge on any atom is -0.465 e. The third-order valence-electron chi connectivity index (χ3n) is 4.78. The van der Waals surface area contributed by atoms with E-state index < -0.39 is 5.97 Å². The van der Waals surface area contributed by atoms with E-state index in [-0.39, 0.29) is 0 Å². The van der Waals surface area contributed by atoms with E-state index in [1.54, 1.807) is 18.2 Å². The van der Waals surface area contributed by atoms with Crippen LogP contribution in [-0.4, -0.2) is 42.7 Å². The molecule has 0 fully saturated rings. The lowest BCUT2D eigenvalue weighted by molar-refractivity contribution is 0.0601.